The van der Waals surface area contributed by atoms with Gasteiger partial charge in [-0.15, -0.1) is 0 Å². The first kappa shape index (κ1) is 13.2. The Hall–Kier alpha value is -1.21. The molecule has 18 heavy (non-hydrogen) atoms. The highest BCUT2D eigenvalue weighted by molar-refractivity contribution is 7.99. The van der Waals surface area contributed by atoms with Crippen LogP contribution in [0, 0.1) is 13.8 Å². The molecule has 0 saturated carbocycles. The predicted octanol–water partition coefficient (Wildman–Crippen LogP) is 5.58. The van der Waals surface area contributed by atoms with E-state index in [9.17, 15) is 0 Å². The fourth-order valence-electron chi connectivity index (χ4n) is 2.08. The second kappa shape index (κ2) is 5.62. The largest absolute Gasteiger partial charge is 0.0895 e. The summed E-state index contributed by atoms with van der Waals surface area (Å²) >= 11 is 1.88. The zero-order valence-corrected chi connectivity index (χ0v) is 12.3. The van der Waals surface area contributed by atoms with Crippen molar-refractivity contribution in [3.63, 3.8) is 0 Å². The lowest BCUT2D eigenvalue weighted by Gasteiger charge is -2.13. The second-order valence-corrected chi connectivity index (χ2v) is 6.15. The highest BCUT2D eigenvalue weighted by Crippen LogP contribution is 2.35. The lowest BCUT2D eigenvalue weighted by atomic mass is 10.0. The van der Waals surface area contributed by atoms with E-state index in [-0.39, 0.29) is 0 Å². The summed E-state index contributed by atoms with van der Waals surface area (Å²) in [5, 5.41) is 0. The molecule has 0 heterocycles. The van der Waals surface area contributed by atoms with Crippen molar-refractivity contribution in [2.24, 2.45) is 0 Å². The number of benzene rings is 2. The summed E-state index contributed by atoms with van der Waals surface area (Å²) in [4.78, 5) is 2.73. The zero-order chi connectivity index (χ0) is 13.1. The highest BCUT2D eigenvalue weighted by Gasteiger charge is 2.08. The van der Waals surface area contributed by atoms with E-state index < -0.39 is 0 Å². The smallest absolute Gasteiger partial charge is 0.0157 e. The first-order chi connectivity index (χ1) is 8.58. The van der Waals surface area contributed by atoms with Crippen molar-refractivity contribution in [3.8, 4) is 0 Å². The van der Waals surface area contributed by atoms with Gasteiger partial charge in [0.05, 0.1) is 0 Å². The molecule has 0 spiro atoms. The maximum Gasteiger partial charge on any atom is 0.0157 e. The van der Waals surface area contributed by atoms with Gasteiger partial charge in [0.1, 0.15) is 0 Å². The lowest BCUT2D eigenvalue weighted by molar-refractivity contribution is 0.842. The molecule has 0 bridgehead atoms. The average molecular weight is 256 g/mol. The van der Waals surface area contributed by atoms with Crippen LogP contribution >= 0.6 is 11.8 Å². The minimum absolute atomic E-state index is 0.569. The van der Waals surface area contributed by atoms with Crippen LogP contribution in [0.4, 0.5) is 0 Å². The predicted molar refractivity (Wildman–Crippen MR) is 80.6 cm³/mol. The number of hydrogen-bond donors (Lipinski definition) is 0. The topological polar surface area (TPSA) is 0 Å². The molecule has 0 fully saturated rings. The van der Waals surface area contributed by atoms with Gasteiger partial charge < -0.3 is 0 Å². The fourth-order valence-corrected chi connectivity index (χ4v) is 3.24. The monoisotopic (exact) mass is 256 g/mol. The summed E-state index contributed by atoms with van der Waals surface area (Å²) in [6, 6.07) is 15.4. The molecule has 0 unspecified atom stereocenters. The third-order valence-corrected chi connectivity index (χ3v) is 4.36. The maximum absolute atomic E-state index is 2.25. The quantitative estimate of drug-likeness (QED) is 0.691. The van der Waals surface area contributed by atoms with E-state index >= 15 is 0 Å². The van der Waals surface area contributed by atoms with Gasteiger partial charge in [-0.1, -0.05) is 61.5 Å². The van der Waals surface area contributed by atoms with Crippen LogP contribution in [-0.4, -0.2) is 0 Å². The van der Waals surface area contributed by atoms with Gasteiger partial charge in [-0.3, -0.25) is 0 Å². The highest BCUT2D eigenvalue weighted by atomic mass is 32.2. The first-order valence-corrected chi connectivity index (χ1v) is 7.23. The normalized spacial score (nSPS) is 10.9. The van der Waals surface area contributed by atoms with Crippen LogP contribution in [0.5, 0.6) is 0 Å². The molecule has 0 radical (unpaired) electrons. The summed E-state index contributed by atoms with van der Waals surface area (Å²) in [5.74, 6) is 0.569. The molecule has 0 saturated heterocycles. The molecule has 1 heteroatoms. The van der Waals surface area contributed by atoms with Crippen LogP contribution in [0.25, 0.3) is 0 Å². The Balaban J connectivity index is 2.34. The van der Waals surface area contributed by atoms with Gasteiger partial charge in [-0.05, 0) is 43.0 Å². The molecule has 0 N–H and O–H groups in total. The van der Waals surface area contributed by atoms with Gasteiger partial charge >= 0.3 is 0 Å². The van der Waals surface area contributed by atoms with E-state index in [0.29, 0.717) is 5.92 Å². The van der Waals surface area contributed by atoms with Gasteiger partial charge in [-0.25, -0.2) is 0 Å². The third-order valence-electron chi connectivity index (χ3n) is 3.09. The Bertz CT molecular complexity index is 541. The molecule has 0 amide bonds. The molecule has 0 atom stereocenters. The zero-order valence-electron chi connectivity index (χ0n) is 11.5. The molecule has 0 aromatic heterocycles. The molecule has 0 nitrogen and oxygen atoms in total. The Morgan fingerprint density at radius 2 is 1.61 bits per heavy atom. The molecule has 94 valence electrons. The molecule has 0 aliphatic carbocycles. The number of aryl methyl sites for hydroxylation is 2. The molecular weight excluding hydrogens is 236 g/mol. The van der Waals surface area contributed by atoms with Crippen molar-refractivity contribution in [2.45, 2.75) is 43.4 Å². The van der Waals surface area contributed by atoms with E-state index in [0.717, 1.165) is 0 Å². The summed E-state index contributed by atoms with van der Waals surface area (Å²) < 4.78 is 0. The van der Waals surface area contributed by atoms with Crippen LogP contribution in [0.3, 0.4) is 0 Å². The molecule has 0 aliphatic heterocycles. The van der Waals surface area contributed by atoms with Crippen LogP contribution < -0.4 is 0 Å². The lowest BCUT2D eigenvalue weighted by Crippen LogP contribution is -1.91. The van der Waals surface area contributed by atoms with E-state index in [1.807, 2.05) is 11.8 Å². The summed E-state index contributed by atoms with van der Waals surface area (Å²) in [7, 11) is 0. The van der Waals surface area contributed by atoms with Crippen LogP contribution in [0.2, 0.25) is 0 Å². The Labute approximate surface area is 114 Å². The van der Waals surface area contributed by atoms with Gasteiger partial charge in [0.25, 0.3) is 0 Å². The molecule has 2 aromatic rings. The first-order valence-electron chi connectivity index (χ1n) is 6.42. The van der Waals surface area contributed by atoms with Gasteiger partial charge in [0.15, 0.2) is 0 Å². The standard InChI is InChI=1S/C17H20S/c1-12(2)15-7-5-6-8-17(15)18-16-10-9-13(3)11-14(16)4/h5-12H,1-4H3. The van der Waals surface area contributed by atoms with Crippen molar-refractivity contribution in [1.82, 2.24) is 0 Å². The Morgan fingerprint density at radius 3 is 2.28 bits per heavy atom. The van der Waals surface area contributed by atoms with Crippen molar-refractivity contribution in [2.75, 3.05) is 0 Å². The van der Waals surface area contributed by atoms with Crippen LogP contribution in [0.1, 0.15) is 36.5 Å². The van der Waals surface area contributed by atoms with Gasteiger partial charge in [0, 0.05) is 9.79 Å². The van der Waals surface area contributed by atoms with Crippen molar-refractivity contribution < 1.29 is 0 Å². The van der Waals surface area contributed by atoms with Crippen molar-refractivity contribution in [3.05, 3.63) is 59.2 Å². The van der Waals surface area contributed by atoms with Crippen molar-refractivity contribution in [1.29, 1.82) is 0 Å². The van der Waals surface area contributed by atoms with E-state index in [2.05, 4.69) is 70.2 Å². The number of hydrogen-bond acceptors (Lipinski definition) is 1. The SMILES string of the molecule is Cc1ccc(Sc2ccccc2C(C)C)c(C)c1. The molecular formula is C17H20S. The van der Waals surface area contributed by atoms with Gasteiger partial charge in [-0.2, -0.15) is 0 Å². The van der Waals surface area contributed by atoms with Crippen LogP contribution in [0.15, 0.2) is 52.3 Å². The molecule has 2 rings (SSSR count). The van der Waals surface area contributed by atoms with Crippen LogP contribution in [-0.2, 0) is 0 Å². The van der Waals surface area contributed by atoms with E-state index in [1.165, 1.54) is 26.5 Å². The van der Waals surface area contributed by atoms with E-state index in [1.54, 1.807) is 0 Å². The average Bonchev–Trinajstić information content (AvgIpc) is 2.33. The summed E-state index contributed by atoms with van der Waals surface area (Å²) in [5.41, 5.74) is 4.12. The Morgan fingerprint density at radius 1 is 0.889 bits per heavy atom. The fraction of sp³-hybridized carbons (Fsp3) is 0.294. The third kappa shape index (κ3) is 2.97. The van der Waals surface area contributed by atoms with Gasteiger partial charge in [0.2, 0.25) is 0 Å². The Kier molecular flexibility index (Phi) is 4.13. The van der Waals surface area contributed by atoms with Crippen molar-refractivity contribution >= 4 is 11.8 Å². The second-order valence-electron chi connectivity index (χ2n) is 5.06. The number of rotatable bonds is 3. The minimum atomic E-state index is 0.569. The minimum Gasteiger partial charge on any atom is -0.0895 e. The maximum atomic E-state index is 2.25. The molecule has 2 aromatic carbocycles. The summed E-state index contributed by atoms with van der Waals surface area (Å²) in [6.07, 6.45) is 0. The summed E-state index contributed by atoms with van der Waals surface area (Å²) in [6.45, 7) is 8.83. The molecule has 0 aliphatic rings. The van der Waals surface area contributed by atoms with E-state index in [4.69, 9.17) is 0 Å².